The summed E-state index contributed by atoms with van der Waals surface area (Å²) in [5, 5.41) is 7.66. The number of pyridine rings is 1. The molecular weight excluding hydrogens is 292 g/mol. The summed E-state index contributed by atoms with van der Waals surface area (Å²) in [6.07, 6.45) is 0.540. The van der Waals surface area contributed by atoms with Crippen LogP contribution >= 0.6 is 0 Å². The maximum Gasteiger partial charge on any atom is 0.308 e. The van der Waals surface area contributed by atoms with Crippen LogP contribution in [0.5, 0.6) is 0 Å². The Labute approximate surface area is 134 Å². The highest BCUT2D eigenvalue weighted by atomic mass is 16.5. The van der Waals surface area contributed by atoms with Crippen molar-refractivity contribution in [3.8, 4) is 0 Å². The molecule has 0 saturated carbocycles. The van der Waals surface area contributed by atoms with Crippen molar-refractivity contribution in [3.63, 3.8) is 0 Å². The lowest BCUT2D eigenvalue weighted by molar-refractivity contribution is -0.144. The minimum atomic E-state index is -0.236. The number of hydrogen-bond donors (Lipinski definition) is 1. The van der Waals surface area contributed by atoms with Crippen LogP contribution in [-0.2, 0) is 16.0 Å². The maximum absolute atomic E-state index is 11.6. The molecule has 6 heteroatoms. The standard InChI is InChI=1S/C17H18N4O2/c1-12(16(22)23-2)11-14-9-6-10-15-19-17(20-21(14)15)18-13-7-4-3-5-8-13/h3-10,12H,11H2,1-2H3,(H,18,20). The molecule has 0 bridgehead atoms. The second kappa shape index (κ2) is 6.48. The van der Waals surface area contributed by atoms with E-state index < -0.39 is 0 Å². The number of rotatable bonds is 5. The van der Waals surface area contributed by atoms with Gasteiger partial charge in [0.1, 0.15) is 0 Å². The second-order valence-electron chi connectivity index (χ2n) is 5.34. The van der Waals surface area contributed by atoms with E-state index in [-0.39, 0.29) is 11.9 Å². The molecule has 0 aliphatic heterocycles. The molecule has 3 aromatic rings. The Morgan fingerprint density at radius 3 is 2.74 bits per heavy atom. The number of carbonyl (C=O) groups is 1. The van der Waals surface area contributed by atoms with Crippen LogP contribution in [0.2, 0.25) is 0 Å². The van der Waals surface area contributed by atoms with E-state index in [1.807, 2.05) is 55.5 Å². The van der Waals surface area contributed by atoms with E-state index in [1.54, 1.807) is 4.52 Å². The molecule has 0 fully saturated rings. The molecule has 1 atom stereocenters. The van der Waals surface area contributed by atoms with Crippen LogP contribution in [-0.4, -0.2) is 27.7 Å². The van der Waals surface area contributed by atoms with Crippen molar-refractivity contribution in [3.05, 3.63) is 54.2 Å². The van der Waals surface area contributed by atoms with Gasteiger partial charge in [-0.2, -0.15) is 4.98 Å². The zero-order valence-corrected chi connectivity index (χ0v) is 13.1. The maximum atomic E-state index is 11.6. The van der Waals surface area contributed by atoms with Gasteiger partial charge in [0, 0.05) is 17.8 Å². The molecular formula is C17H18N4O2. The van der Waals surface area contributed by atoms with Crippen molar-refractivity contribution < 1.29 is 9.53 Å². The van der Waals surface area contributed by atoms with Crippen LogP contribution in [0.25, 0.3) is 5.65 Å². The third-order valence-corrected chi connectivity index (χ3v) is 3.59. The van der Waals surface area contributed by atoms with Crippen LogP contribution in [0.15, 0.2) is 48.5 Å². The number of nitrogens with zero attached hydrogens (tertiary/aromatic N) is 3. The van der Waals surface area contributed by atoms with Crippen LogP contribution < -0.4 is 5.32 Å². The van der Waals surface area contributed by atoms with Gasteiger partial charge < -0.3 is 10.1 Å². The summed E-state index contributed by atoms with van der Waals surface area (Å²) in [5.74, 6) is 0.0551. The first kappa shape index (κ1) is 15.0. The zero-order chi connectivity index (χ0) is 16.2. The number of aromatic nitrogens is 3. The number of ether oxygens (including phenoxy) is 1. The number of para-hydroxylation sites is 1. The Bertz CT molecular complexity index is 814. The molecule has 1 unspecified atom stereocenters. The Kier molecular flexibility index (Phi) is 4.23. The fourth-order valence-electron chi connectivity index (χ4n) is 2.42. The monoisotopic (exact) mass is 310 g/mol. The van der Waals surface area contributed by atoms with E-state index >= 15 is 0 Å². The van der Waals surface area contributed by atoms with Gasteiger partial charge in [0.25, 0.3) is 0 Å². The van der Waals surface area contributed by atoms with Crippen LogP contribution in [0.1, 0.15) is 12.6 Å². The largest absolute Gasteiger partial charge is 0.469 e. The Hall–Kier alpha value is -2.89. The molecule has 0 spiro atoms. The molecule has 2 aromatic heterocycles. The lowest BCUT2D eigenvalue weighted by Crippen LogP contribution is -2.16. The lowest BCUT2D eigenvalue weighted by Gasteiger charge is -2.09. The molecule has 118 valence electrons. The summed E-state index contributed by atoms with van der Waals surface area (Å²) in [6, 6.07) is 15.5. The van der Waals surface area contributed by atoms with Crippen LogP contribution in [0.4, 0.5) is 11.6 Å². The van der Waals surface area contributed by atoms with Crippen molar-refractivity contribution in [2.45, 2.75) is 13.3 Å². The average molecular weight is 310 g/mol. The number of fused-ring (bicyclic) bond motifs is 1. The molecule has 0 amide bonds. The number of benzene rings is 1. The number of esters is 1. The molecule has 1 aromatic carbocycles. The van der Waals surface area contributed by atoms with E-state index in [2.05, 4.69) is 15.4 Å². The van der Waals surface area contributed by atoms with E-state index in [0.717, 1.165) is 17.0 Å². The van der Waals surface area contributed by atoms with Gasteiger partial charge in [-0.1, -0.05) is 31.2 Å². The Morgan fingerprint density at radius 1 is 1.22 bits per heavy atom. The molecule has 0 saturated heterocycles. The molecule has 0 radical (unpaired) electrons. The molecule has 2 heterocycles. The van der Waals surface area contributed by atoms with E-state index in [9.17, 15) is 4.79 Å². The highest BCUT2D eigenvalue weighted by molar-refractivity contribution is 5.72. The van der Waals surface area contributed by atoms with Gasteiger partial charge in [-0.25, -0.2) is 4.52 Å². The quantitative estimate of drug-likeness (QED) is 0.734. The summed E-state index contributed by atoms with van der Waals surface area (Å²) in [7, 11) is 1.40. The first-order chi connectivity index (χ1) is 11.2. The van der Waals surface area contributed by atoms with E-state index in [0.29, 0.717) is 12.4 Å². The van der Waals surface area contributed by atoms with Gasteiger partial charge in [0.2, 0.25) is 5.95 Å². The van der Waals surface area contributed by atoms with Crippen LogP contribution in [0.3, 0.4) is 0 Å². The number of anilines is 2. The zero-order valence-electron chi connectivity index (χ0n) is 13.1. The molecule has 0 aliphatic rings. The second-order valence-corrected chi connectivity index (χ2v) is 5.34. The molecule has 3 rings (SSSR count). The Morgan fingerprint density at radius 2 is 2.00 bits per heavy atom. The molecule has 6 nitrogen and oxygen atoms in total. The predicted molar refractivity (Wildman–Crippen MR) is 87.6 cm³/mol. The summed E-state index contributed by atoms with van der Waals surface area (Å²) >= 11 is 0. The number of methoxy groups -OCH3 is 1. The number of carbonyl (C=O) groups excluding carboxylic acids is 1. The fourth-order valence-corrected chi connectivity index (χ4v) is 2.42. The predicted octanol–water partition coefficient (Wildman–Crippen LogP) is 2.82. The topological polar surface area (TPSA) is 68.5 Å². The summed E-state index contributed by atoms with van der Waals surface area (Å²) in [5.41, 5.74) is 2.57. The minimum absolute atomic E-state index is 0.232. The summed E-state index contributed by atoms with van der Waals surface area (Å²) < 4.78 is 6.54. The fraction of sp³-hybridized carbons (Fsp3) is 0.235. The van der Waals surface area contributed by atoms with Crippen LogP contribution in [0, 0.1) is 5.92 Å². The highest BCUT2D eigenvalue weighted by Crippen LogP contribution is 2.16. The normalized spacial score (nSPS) is 12.1. The number of hydrogen-bond acceptors (Lipinski definition) is 5. The lowest BCUT2D eigenvalue weighted by atomic mass is 10.1. The first-order valence-electron chi connectivity index (χ1n) is 7.42. The van der Waals surface area contributed by atoms with Gasteiger partial charge in [0.05, 0.1) is 13.0 Å². The van der Waals surface area contributed by atoms with Crippen molar-refractivity contribution in [2.24, 2.45) is 5.92 Å². The molecule has 0 aliphatic carbocycles. The third kappa shape index (κ3) is 3.31. The van der Waals surface area contributed by atoms with Gasteiger partial charge in [-0.15, -0.1) is 5.10 Å². The molecule has 23 heavy (non-hydrogen) atoms. The highest BCUT2D eigenvalue weighted by Gasteiger charge is 2.16. The van der Waals surface area contributed by atoms with Crippen molar-refractivity contribution in [1.29, 1.82) is 0 Å². The minimum Gasteiger partial charge on any atom is -0.469 e. The SMILES string of the molecule is COC(=O)C(C)Cc1cccc2nc(Nc3ccccc3)nn12. The number of nitrogens with one attached hydrogen (secondary N) is 1. The van der Waals surface area contributed by atoms with Crippen molar-refractivity contribution in [1.82, 2.24) is 14.6 Å². The Balaban J connectivity index is 1.87. The van der Waals surface area contributed by atoms with Crippen molar-refractivity contribution >= 4 is 23.3 Å². The smallest absolute Gasteiger partial charge is 0.308 e. The van der Waals surface area contributed by atoms with Gasteiger partial charge >= 0.3 is 5.97 Å². The third-order valence-electron chi connectivity index (χ3n) is 3.59. The van der Waals surface area contributed by atoms with Gasteiger partial charge in [-0.05, 0) is 24.3 Å². The summed E-state index contributed by atoms with van der Waals surface area (Å²) in [6.45, 7) is 1.84. The van der Waals surface area contributed by atoms with Crippen molar-refractivity contribution in [2.75, 3.05) is 12.4 Å². The van der Waals surface area contributed by atoms with Gasteiger partial charge in [0.15, 0.2) is 5.65 Å². The van der Waals surface area contributed by atoms with E-state index in [1.165, 1.54) is 7.11 Å². The molecule has 1 N–H and O–H groups in total. The average Bonchev–Trinajstić information content (AvgIpc) is 2.98. The van der Waals surface area contributed by atoms with E-state index in [4.69, 9.17) is 4.74 Å². The van der Waals surface area contributed by atoms with Gasteiger partial charge in [-0.3, -0.25) is 4.79 Å². The first-order valence-corrected chi connectivity index (χ1v) is 7.42. The summed E-state index contributed by atoms with van der Waals surface area (Å²) in [4.78, 5) is 16.1.